The molecule has 8 nitrogen and oxygen atoms in total. The van der Waals surface area contributed by atoms with E-state index in [1.807, 2.05) is 35.7 Å². The fraction of sp³-hybridized carbons (Fsp3) is 0.133. The first-order valence-corrected chi connectivity index (χ1v) is 8.02. The number of benzene rings is 1. The number of rotatable bonds is 6. The Balaban J connectivity index is 1.58. The van der Waals surface area contributed by atoms with Crippen molar-refractivity contribution in [3.63, 3.8) is 0 Å². The van der Waals surface area contributed by atoms with Crippen molar-refractivity contribution < 1.29 is 4.92 Å². The molecule has 0 bridgehead atoms. The minimum Gasteiger partial charge on any atom is -0.378 e. The smallest absolute Gasteiger partial charge is 0.329 e. The number of nitrogens with one attached hydrogen (secondary N) is 1. The van der Waals surface area contributed by atoms with Crippen LogP contribution in [-0.2, 0) is 6.42 Å². The third kappa shape index (κ3) is 3.63. The molecule has 0 amide bonds. The molecule has 0 radical (unpaired) electrons. The summed E-state index contributed by atoms with van der Waals surface area (Å²) in [6, 6.07) is 9.98. The molecule has 3 aromatic rings. The minimum absolute atomic E-state index is 0.155. The molecule has 0 aliphatic carbocycles. The van der Waals surface area contributed by atoms with Gasteiger partial charge in [0.2, 0.25) is 11.8 Å². The topological polar surface area (TPSA) is 120 Å². The summed E-state index contributed by atoms with van der Waals surface area (Å²) in [6.07, 6.45) is 1.78. The van der Waals surface area contributed by atoms with Gasteiger partial charge in [-0.2, -0.15) is 4.98 Å². The molecular formula is C15H14N6O2S. The molecular weight excluding hydrogens is 328 g/mol. The fourth-order valence-corrected chi connectivity index (χ4v) is 2.91. The summed E-state index contributed by atoms with van der Waals surface area (Å²) in [6.45, 7) is 0.551. The van der Waals surface area contributed by atoms with Gasteiger partial charge < -0.3 is 11.1 Å². The molecule has 0 aliphatic heterocycles. The Kier molecular flexibility index (Phi) is 4.62. The number of aromatic nitrogens is 3. The normalized spacial score (nSPS) is 10.5. The number of thiazole rings is 1. The van der Waals surface area contributed by atoms with E-state index >= 15 is 0 Å². The Morgan fingerprint density at radius 1 is 1.25 bits per heavy atom. The predicted octanol–water partition coefficient (Wildman–Crippen LogP) is 2.75. The van der Waals surface area contributed by atoms with Crippen LogP contribution in [-0.4, -0.2) is 26.4 Å². The molecule has 1 aromatic carbocycles. The summed E-state index contributed by atoms with van der Waals surface area (Å²) in [5, 5.41) is 16.6. The van der Waals surface area contributed by atoms with Gasteiger partial charge in [0.15, 0.2) is 0 Å². The number of nitrogens with two attached hydrogens (primary N) is 1. The summed E-state index contributed by atoms with van der Waals surface area (Å²) in [5.41, 5.74) is 7.28. The Morgan fingerprint density at radius 2 is 2.04 bits per heavy atom. The highest BCUT2D eigenvalue weighted by atomic mass is 32.1. The van der Waals surface area contributed by atoms with Crippen LogP contribution in [0.25, 0.3) is 10.6 Å². The molecule has 0 unspecified atom stereocenters. The molecule has 122 valence electrons. The Hall–Kier alpha value is -3.07. The van der Waals surface area contributed by atoms with Gasteiger partial charge in [0, 0.05) is 23.9 Å². The molecule has 2 aromatic heterocycles. The lowest BCUT2D eigenvalue weighted by Crippen LogP contribution is -2.10. The molecule has 0 saturated carbocycles. The number of hydrogen-bond acceptors (Lipinski definition) is 8. The highest BCUT2D eigenvalue weighted by Gasteiger charge is 2.14. The summed E-state index contributed by atoms with van der Waals surface area (Å²) < 4.78 is 0. The average molecular weight is 342 g/mol. The van der Waals surface area contributed by atoms with Crippen molar-refractivity contribution in [1.82, 2.24) is 15.0 Å². The van der Waals surface area contributed by atoms with Crippen molar-refractivity contribution in [3.05, 3.63) is 57.7 Å². The third-order valence-corrected chi connectivity index (χ3v) is 4.17. The lowest BCUT2D eigenvalue weighted by atomic mass is 10.2. The first-order chi connectivity index (χ1) is 11.6. The Morgan fingerprint density at radius 3 is 2.75 bits per heavy atom. The SMILES string of the molecule is Nc1nc(NCCc2csc(-c3ccccc3)n2)ncc1[N+](=O)[O-]. The van der Waals surface area contributed by atoms with Gasteiger partial charge >= 0.3 is 5.69 Å². The molecule has 9 heteroatoms. The highest BCUT2D eigenvalue weighted by molar-refractivity contribution is 7.13. The molecule has 0 spiro atoms. The first-order valence-electron chi connectivity index (χ1n) is 7.14. The van der Waals surface area contributed by atoms with Crippen LogP contribution in [0.2, 0.25) is 0 Å². The average Bonchev–Trinajstić information content (AvgIpc) is 3.04. The van der Waals surface area contributed by atoms with Crippen LogP contribution in [0, 0.1) is 10.1 Å². The van der Waals surface area contributed by atoms with E-state index in [1.165, 1.54) is 0 Å². The summed E-state index contributed by atoms with van der Waals surface area (Å²) in [7, 11) is 0. The van der Waals surface area contributed by atoms with E-state index in [0.717, 1.165) is 22.5 Å². The molecule has 0 aliphatic rings. The zero-order valence-electron chi connectivity index (χ0n) is 12.5. The van der Waals surface area contributed by atoms with Gasteiger partial charge in [-0.05, 0) is 0 Å². The summed E-state index contributed by atoms with van der Waals surface area (Å²) >= 11 is 1.59. The zero-order chi connectivity index (χ0) is 16.9. The quantitative estimate of drug-likeness (QED) is 0.522. The molecule has 24 heavy (non-hydrogen) atoms. The zero-order valence-corrected chi connectivity index (χ0v) is 13.4. The van der Waals surface area contributed by atoms with Gasteiger partial charge in [0.1, 0.15) is 11.2 Å². The van der Waals surface area contributed by atoms with Crippen molar-refractivity contribution >= 4 is 28.8 Å². The van der Waals surface area contributed by atoms with Crippen molar-refractivity contribution in [1.29, 1.82) is 0 Å². The van der Waals surface area contributed by atoms with Crippen LogP contribution in [0.5, 0.6) is 0 Å². The van der Waals surface area contributed by atoms with Gasteiger partial charge in [0.25, 0.3) is 0 Å². The number of hydrogen-bond donors (Lipinski definition) is 2. The van der Waals surface area contributed by atoms with Crippen molar-refractivity contribution in [3.8, 4) is 10.6 Å². The van der Waals surface area contributed by atoms with Crippen LogP contribution in [0.15, 0.2) is 41.9 Å². The van der Waals surface area contributed by atoms with Gasteiger partial charge in [-0.3, -0.25) is 10.1 Å². The van der Waals surface area contributed by atoms with E-state index in [4.69, 9.17) is 5.73 Å². The molecule has 3 rings (SSSR count). The maximum absolute atomic E-state index is 10.7. The van der Waals surface area contributed by atoms with E-state index in [-0.39, 0.29) is 17.5 Å². The third-order valence-electron chi connectivity index (χ3n) is 3.23. The second-order valence-electron chi connectivity index (χ2n) is 4.91. The number of anilines is 2. The van der Waals surface area contributed by atoms with Gasteiger partial charge in [-0.1, -0.05) is 30.3 Å². The van der Waals surface area contributed by atoms with E-state index in [1.54, 1.807) is 11.3 Å². The van der Waals surface area contributed by atoms with Crippen LogP contribution < -0.4 is 11.1 Å². The maximum Gasteiger partial charge on any atom is 0.329 e. The van der Waals surface area contributed by atoms with Crippen molar-refractivity contribution in [2.24, 2.45) is 0 Å². The molecule has 0 fully saturated rings. The van der Waals surface area contributed by atoms with Gasteiger partial charge in [0.05, 0.1) is 10.6 Å². The van der Waals surface area contributed by atoms with Crippen LogP contribution >= 0.6 is 11.3 Å². The van der Waals surface area contributed by atoms with Gasteiger partial charge in [-0.15, -0.1) is 11.3 Å². The number of nitrogens with zero attached hydrogens (tertiary/aromatic N) is 4. The summed E-state index contributed by atoms with van der Waals surface area (Å²) in [4.78, 5) is 22.4. The fourth-order valence-electron chi connectivity index (χ4n) is 2.05. The first kappa shape index (κ1) is 15.8. The molecule has 2 heterocycles. The van der Waals surface area contributed by atoms with E-state index in [9.17, 15) is 10.1 Å². The Bertz CT molecular complexity index is 852. The largest absolute Gasteiger partial charge is 0.378 e. The van der Waals surface area contributed by atoms with Crippen LogP contribution in [0.3, 0.4) is 0 Å². The van der Waals surface area contributed by atoms with Crippen LogP contribution in [0.1, 0.15) is 5.69 Å². The molecule has 3 N–H and O–H groups in total. The standard InChI is InChI=1S/C15H14N6O2S/c16-13-12(21(22)23)8-18-15(20-13)17-7-6-11-9-24-14(19-11)10-4-2-1-3-5-10/h1-5,8-9H,6-7H2,(H3,16,17,18,20). The van der Waals surface area contributed by atoms with E-state index < -0.39 is 4.92 Å². The monoisotopic (exact) mass is 342 g/mol. The predicted molar refractivity (Wildman–Crippen MR) is 92.8 cm³/mol. The summed E-state index contributed by atoms with van der Waals surface area (Å²) in [5.74, 6) is 0.106. The highest BCUT2D eigenvalue weighted by Crippen LogP contribution is 2.23. The lowest BCUT2D eigenvalue weighted by Gasteiger charge is -2.04. The Labute approximate surface area is 141 Å². The lowest BCUT2D eigenvalue weighted by molar-refractivity contribution is -0.384. The molecule has 0 atom stereocenters. The number of nitrogen functional groups attached to an aromatic ring is 1. The minimum atomic E-state index is -0.612. The van der Waals surface area contributed by atoms with E-state index in [2.05, 4.69) is 20.3 Å². The van der Waals surface area contributed by atoms with Crippen molar-refractivity contribution in [2.45, 2.75) is 6.42 Å². The second kappa shape index (κ2) is 7.01. The maximum atomic E-state index is 10.7. The van der Waals surface area contributed by atoms with E-state index in [0.29, 0.717) is 13.0 Å². The molecule has 0 saturated heterocycles. The van der Waals surface area contributed by atoms with Crippen molar-refractivity contribution in [2.75, 3.05) is 17.6 Å². The second-order valence-corrected chi connectivity index (χ2v) is 5.77. The number of nitro groups is 1. The van der Waals surface area contributed by atoms with Gasteiger partial charge in [-0.25, -0.2) is 9.97 Å². The van der Waals surface area contributed by atoms with Crippen LogP contribution in [0.4, 0.5) is 17.5 Å².